The molecule has 1 aromatic heterocycles. The maximum absolute atomic E-state index is 10.5. The van der Waals surface area contributed by atoms with E-state index in [-0.39, 0.29) is 6.10 Å². The van der Waals surface area contributed by atoms with Gasteiger partial charge in [-0.05, 0) is 43.7 Å². The van der Waals surface area contributed by atoms with Crippen molar-refractivity contribution in [2.24, 2.45) is 0 Å². The van der Waals surface area contributed by atoms with Gasteiger partial charge in [0.25, 0.3) is 0 Å². The molecule has 1 heterocycles. The summed E-state index contributed by atoms with van der Waals surface area (Å²) in [7, 11) is 0. The predicted molar refractivity (Wildman–Crippen MR) is 85.9 cm³/mol. The average Bonchev–Trinajstić information content (AvgIpc) is 2.36. The first-order valence-corrected chi connectivity index (χ1v) is 7.80. The van der Waals surface area contributed by atoms with E-state index in [2.05, 4.69) is 36.8 Å². The van der Waals surface area contributed by atoms with Crippen LogP contribution in [0.3, 0.4) is 0 Å². The Morgan fingerprint density at radius 1 is 1.00 bits per heavy atom. The van der Waals surface area contributed by atoms with Gasteiger partial charge in [-0.3, -0.25) is 4.98 Å². The van der Waals surface area contributed by atoms with Gasteiger partial charge in [-0.15, -0.1) is 0 Å². The van der Waals surface area contributed by atoms with Crippen LogP contribution in [0.1, 0.15) is 31.1 Å². The van der Waals surface area contributed by atoms with E-state index < -0.39 is 6.10 Å². The Balaban J connectivity index is 2.30. The number of halogens is 2. The van der Waals surface area contributed by atoms with Crippen LogP contribution in [-0.4, -0.2) is 16.2 Å². The van der Waals surface area contributed by atoms with Crippen LogP contribution in [0, 0.1) is 0 Å². The number of nitrogens with zero attached hydrogens (tertiary/aromatic N) is 1. The summed E-state index contributed by atoms with van der Waals surface area (Å²) >= 11 is 6.84. The summed E-state index contributed by atoms with van der Waals surface area (Å²) in [5.74, 6) is 0.658. The third-order valence-electron chi connectivity index (χ3n) is 2.62. The molecule has 2 rings (SSSR count). The number of rotatable bonds is 4. The van der Waals surface area contributed by atoms with Crippen LogP contribution in [0.25, 0.3) is 0 Å². The van der Waals surface area contributed by atoms with Crippen LogP contribution in [0.5, 0.6) is 5.75 Å². The fourth-order valence-electron chi connectivity index (χ4n) is 1.85. The highest BCUT2D eigenvalue weighted by Crippen LogP contribution is 2.29. The number of ether oxygens (including phenoxy) is 1. The average molecular weight is 401 g/mol. The lowest BCUT2D eigenvalue weighted by atomic mass is 10.0. The van der Waals surface area contributed by atoms with Crippen LogP contribution in [0.4, 0.5) is 0 Å². The minimum Gasteiger partial charge on any atom is -0.489 e. The molecular weight excluding hydrogens is 386 g/mol. The van der Waals surface area contributed by atoms with Gasteiger partial charge >= 0.3 is 0 Å². The second-order valence-corrected chi connectivity index (χ2v) is 6.56. The lowest BCUT2D eigenvalue weighted by molar-refractivity contribution is 0.215. The maximum Gasteiger partial charge on any atom is 0.138 e. The molecule has 1 aromatic carbocycles. The van der Waals surface area contributed by atoms with Crippen molar-refractivity contribution in [1.82, 2.24) is 4.98 Å². The Morgan fingerprint density at radius 3 is 2.25 bits per heavy atom. The van der Waals surface area contributed by atoms with Crippen LogP contribution >= 0.6 is 31.9 Å². The van der Waals surface area contributed by atoms with Gasteiger partial charge in [0.1, 0.15) is 11.9 Å². The molecule has 1 N–H and O–H groups in total. The number of pyridine rings is 1. The van der Waals surface area contributed by atoms with Crippen molar-refractivity contribution in [2.45, 2.75) is 26.1 Å². The summed E-state index contributed by atoms with van der Waals surface area (Å²) in [6, 6.07) is 7.50. The number of hydrogen-bond donors (Lipinski definition) is 1. The van der Waals surface area contributed by atoms with Crippen LogP contribution < -0.4 is 4.74 Å². The van der Waals surface area contributed by atoms with E-state index in [1.54, 1.807) is 12.4 Å². The van der Waals surface area contributed by atoms with Crippen LogP contribution in [0.15, 0.2) is 45.6 Å². The molecular formula is C15H15Br2NO2. The SMILES string of the molecule is CC(C)Oc1cncc(C(O)c2cc(Br)cc(Br)c2)c1. The maximum atomic E-state index is 10.5. The predicted octanol–water partition coefficient (Wildman–Crippen LogP) is 4.48. The Hall–Kier alpha value is -0.910. The molecule has 3 nitrogen and oxygen atoms in total. The van der Waals surface area contributed by atoms with E-state index >= 15 is 0 Å². The van der Waals surface area contributed by atoms with E-state index in [4.69, 9.17) is 4.74 Å². The third kappa shape index (κ3) is 4.04. The number of hydrogen-bond acceptors (Lipinski definition) is 3. The molecule has 1 atom stereocenters. The number of aromatic nitrogens is 1. The first-order chi connectivity index (χ1) is 9.45. The third-order valence-corrected chi connectivity index (χ3v) is 3.54. The molecule has 1 unspecified atom stereocenters. The standard InChI is InChI=1S/C15H15Br2NO2/c1-9(2)20-14-5-11(7-18-8-14)15(19)10-3-12(16)6-13(17)4-10/h3-9,15,19H,1-2H3. The van der Waals surface area contributed by atoms with Gasteiger partial charge in [0.15, 0.2) is 0 Å². The fourth-order valence-corrected chi connectivity index (χ4v) is 3.18. The molecule has 20 heavy (non-hydrogen) atoms. The van der Waals surface area contributed by atoms with E-state index in [1.807, 2.05) is 38.1 Å². The van der Waals surface area contributed by atoms with Crippen molar-refractivity contribution in [3.8, 4) is 5.75 Å². The molecule has 5 heteroatoms. The van der Waals surface area contributed by atoms with E-state index in [1.165, 1.54) is 0 Å². The minimum atomic E-state index is -0.744. The van der Waals surface area contributed by atoms with Gasteiger partial charge in [0.2, 0.25) is 0 Å². The Kier molecular flexibility index (Phi) is 5.18. The highest BCUT2D eigenvalue weighted by Gasteiger charge is 2.13. The van der Waals surface area contributed by atoms with Crippen molar-refractivity contribution in [3.05, 3.63) is 56.7 Å². The zero-order valence-corrected chi connectivity index (χ0v) is 14.3. The number of benzene rings is 1. The Labute approximate surface area is 135 Å². The molecule has 106 valence electrons. The second kappa shape index (κ2) is 6.70. The van der Waals surface area contributed by atoms with E-state index in [0.29, 0.717) is 11.3 Å². The zero-order chi connectivity index (χ0) is 14.7. The van der Waals surface area contributed by atoms with E-state index in [0.717, 1.165) is 14.5 Å². The molecule has 0 bridgehead atoms. The molecule has 0 amide bonds. The largest absolute Gasteiger partial charge is 0.489 e. The van der Waals surface area contributed by atoms with Crippen LogP contribution in [0.2, 0.25) is 0 Å². The topological polar surface area (TPSA) is 42.4 Å². The molecule has 0 aliphatic heterocycles. The summed E-state index contributed by atoms with van der Waals surface area (Å²) in [4.78, 5) is 4.12. The van der Waals surface area contributed by atoms with Crippen molar-refractivity contribution in [1.29, 1.82) is 0 Å². The molecule has 0 aliphatic carbocycles. The highest BCUT2D eigenvalue weighted by molar-refractivity contribution is 9.11. The summed E-state index contributed by atoms with van der Waals surface area (Å²) in [5.41, 5.74) is 1.49. The van der Waals surface area contributed by atoms with Crippen molar-refractivity contribution < 1.29 is 9.84 Å². The van der Waals surface area contributed by atoms with Crippen molar-refractivity contribution in [2.75, 3.05) is 0 Å². The normalized spacial score (nSPS) is 12.5. The minimum absolute atomic E-state index is 0.0733. The van der Waals surface area contributed by atoms with Gasteiger partial charge in [-0.25, -0.2) is 0 Å². The first kappa shape index (κ1) is 15.5. The molecule has 0 spiro atoms. The van der Waals surface area contributed by atoms with Gasteiger partial charge in [-0.1, -0.05) is 31.9 Å². The molecule has 0 radical (unpaired) electrons. The van der Waals surface area contributed by atoms with Crippen molar-refractivity contribution in [3.63, 3.8) is 0 Å². The first-order valence-electron chi connectivity index (χ1n) is 6.21. The molecule has 0 saturated heterocycles. The Bertz CT molecular complexity index is 582. The quantitative estimate of drug-likeness (QED) is 0.822. The van der Waals surface area contributed by atoms with Crippen molar-refractivity contribution >= 4 is 31.9 Å². The zero-order valence-electron chi connectivity index (χ0n) is 11.2. The van der Waals surface area contributed by atoms with Gasteiger partial charge in [0.05, 0.1) is 12.3 Å². The van der Waals surface area contributed by atoms with Gasteiger partial charge in [-0.2, -0.15) is 0 Å². The summed E-state index contributed by atoms with van der Waals surface area (Å²) in [5, 5.41) is 10.5. The monoisotopic (exact) mass is 399 g/mol. The molecule has 0 fully saturated rings. The molecule has 0 saturated carbocycles. The summed E-state index contributed by atoms with van der Waals surface area (Å²) in [6.45, 7) is 3.91. The Morgan fingerprint density at radius 2 is 1.65 bits per heavy atom. The van der Waals surface area contributed by atoms with Crippen LogP contribution in [-0.2, 0) is 0 Å². The number of aliphatic hydroxyl groups excluding tert-OH is 1. The summed E-state index contributed by atoms with van der Waals surface area (Å²) < 4.78 is 7.41. The van der Waals surface area contributed by atoms with Gasteiger partial charge in [0, 0.05) is 20.7 Å². The summed E-state index contributed by atoms with van der Waals surface area (Å²) in [6.07, 6.45) is 2.62. The smallest absolute Gasteiger partial charge is 0.138 e. The fraction of sp³-hybridized carbons (Fsp3) is 0.267. The molecule has 0 aliphatic rings. The van der Waals surface area contributed by atoms with E-state index in [9.17, 15) is 5.11 Å². The lowest BCUT2D eigenvalue weighted by Crippen LogP contribution is -2.07. The number of aliphatic hydroxyl groups is 1. The second-order valence-electron chi connectivity index (χ2n) is 4.73. The van der Waals surface area contributed by atoms with Gasteiger partial charge < -0.3 is 9.84 Å². The lowest BCUT2D eigenvalue weighted by Gasteiger charge is -2.14. The highest BCUT2D eigenvalue weighted by atomic mass is 79.9. The molecule has 2 aromatic rings.